The van der Waals surface area contributed by atoms with Crippen molar-refractivity contribution in [1.82, 2.24) is 4.98 Å². The van der Waals surface area contributed by atoms with Crippen molar-refractivity contribution in [2.24, 2.45) is 0 Å². The Morgan fingerprint density at radius 2 is 1.58 bits per heavy atom. The van der Waals surface area contributed by atoms with Crippen molar-refractivity contribution in [2.45, 2.75) is 0 Å². The van der Waals surface area contributed by atoms with Crippen molar-refractivity contribution in [3.05, 3.63) is 64.5 Å². The average Bonchev–Trinajstić information content (AvgIpc) is 2.83. The van der Waals surface area contributed by atoms with Gasteiger partial charge in [-0.3, -0.25) is 0 Å². The first-order valence-electron chi connectivity index (χ1n) is 5.78. The monoisotopic (exact) mass is 287 g/mol. The van der Waals surface area contributed by atoms with Crippen molar-refractivity contribution < 1.29 is 4.42 Å². The molecule has 3 aromatic rings. The second-order valence-corrected chi connectivity index (χ2v) is 4.90. The minimum atomic E-state index is 0.365. The van der Waals surface area contributed by atoms with E-state index in [0.29, 0.717) is 9.86 Å². The Morgan fingerprint density at radius 3 is 2.26 bits per heavy atom. The second kappa shape index (κ2) is 5.03. The predicted molar refractivity (Wildman–Crippen MR) is 79.8 cm³/mol. The van der Waals surface area contributed by atoms with Gasteiger partial charge in [-0.2, -0.15) is 0 Å². The summed E-state index contributed by atoms with van der Waals surface area (Å²) in [6, 6.07) is 17.4. The fraction of sp³-hybridized carbons (Fsp3) is 0. The van der Waals surface area contributed by atoms with Crippen LogP contribution in [0.3, 0.4) is 0 Å². The second-order valence-electron chi connectivity index (χ2n) is 4.09. The number of rotatable bonds is 2. The van der Waals surface area contributed by atoms with Crippen LogP contribution >= 0.6 is 23.8 Å². The lowest BCUT2D eigenvalue weighted by molar-refractivity contribution is 0.554. The van der Waals surface area contributed by atoms with E-state index in [1.54, 1.807) is 0 Å². The summed E-state index contributed by atoms with van der Waals surface area (Å²) < 4.78 is 5.61. The molecule has 1 N–H and O–H groups in total. The first-order chi connectivity index (χ1) is 9.24. The Bertz CT molecular complexity index is 744. The maximum Gasteiger partial charge on any atom is 0.266 e. The van der Waals surface area contributed by atoms with E-state index in [1.165, 1.54) is 0 Å². The van der Waals surface area contributed by atoms with E-state index in [9.17, 15) is 0 Å². The molecule has 1 heterocycles. The van der Waals surface area contributed by atoms with Crippen LogP contribution in [0.2, 0.25) is 5.02 Å². The SMILES string of the molecule is S=c1[nH]c(-c2ccc(Cl)cc2)c(-c2ccccc2)o1. The Hall–Kier alpha value is -1.84. The fourth-order valence-electron chi connectivity index (χ4n) is 1.94. The van der Waals surface area contributed by atoms with E-state index in [4.69, 9.17) is 28.2 Å². The minimum Gasteiger partial charge on any atom is -0.429 e. The van der Waals surface area contributed by atoms with Gasteiger partial charge in [-0.15, -0.1) is 0 Å². The highest BCUT2D eigenvalue weighted by Crippen LogP contribution is 2.31. The van der Waals surface area contributed by atoms with Gasteiger partial charge in [-0.1, -0.05) is 54.1 Å². The number of aromatic amines is 1. The van der Waals surface area contributed by atoms with Crippen LogP contribution in [-0.4, -0.2) is 4.98 Å². The molecule has 4 heteroatoms. The third-order valence-corrected chi connectivity index (χ3v) is 3.26. The van der Waals surface area contributed by atoms with Crippen LogP contribution in [0.15, 0.2) is 59.0 Å². The summed E-state index contributed by atoms with van der Waals surface area (Å²) in [7, 11) is 0. The summed E-state index contributed by atoms with van der Waals surface area (Å²) in [6.07, 6.45) is 0. The van der Waals surface area contributed by atoms with Gasteiger partial charge >= 0.3 is 0 Å². The molecule has 2 aromatic carbocycles. The molecule has 0 fully saturated rings. The molecule has 0 aliphatic rings. The number of benzene rings is 2. The molecule has 0 bridgehead atoms. The van der Waals surface area contributed by atoms with Crippen LogP contribution in [0, 0.1) is 4.84 Å². The molecule has 0 spiro atoms. The molecule has 0 aliphatic heterocycles. The number of oxazole rings is 1. The van der Waals surface area contributed by atoms with Gasteiger partial charge in [-0.05, 0) is 24.4 Å². The zero-order valence-corrected chi connectivity index (χ0v) is 11.5. The number of hydrogen-bond acceptors (Lipinski definition) is 2. The standard InChI is InChI=1S/C15H10ClNOS/c16-12-8-6-10(7-9-12)13-14(18-15(19)17-13)11-4-2-1-3-5-11/h1-9H,(H,17,19). The molecule has 19 heavy (non-hydrogen) atoms. The molecular formula is C15H10ClNOS. The van der Waals surface area contributed by atoms with Gasteiger partial charge < -0.3 is 9.40 Å². The maximum absolute atomic E-state index is 5.91. The lowest BCUT2D eigenvalue weighted by Gasteiger charge is -2.02. The summed E-state index contributed by atoms with van der Waals surface area (Å²) in [4.78, 5) is 3.45. The largest absolute Gasteiger partial charge is 0.429 e. The molecule has 0 atom stereocenters. The highest BCUT2D eigenvalue weighted by molar-refractivity contribution is 7.71. The summed E-state index contributed by atoms with van der Waals surface area (Å²) >= 11 is 11.0. The zero-order valence-electron chi connectivity index (χ0n) is 9.89. The molecular weight excluding hydrogens is 278 g/mol. The molecule has 3 rings (SSSR count). The van der Waals surface area contributed by atoms with Gasteiger partial charge in [0, 0.05) is 16.1 Å². The molecule has 94 valence electrons. The number of nitrogens with one attached hydrogen (secondary N) is 1. The van der Waals surface area contributed by atoms with Crippen LogP contribution in [0.5, 0.6) is 0 Å². The first-order valence-corrected chi connectivity index (χ1v) is 6.57. The lowest BCUT2D eigenvalue weighted by atomic mass is 10.1. The number of H-pyrrole nitrogens is 1. The van der Waals surface area contributed by atoms with E-state index < -0.39 is 0 Å². The highest BCUT2D eigenvalue weighted by Gasteiger charge is 2.12. The third kappa shape index (κ3) is 2.48. The van der Waals surface area contributed by atoms with Crippen molar-refractivity contribution >= 4 is 23.8 Å². The summed E-state index contributed by atoms with van der Waals surface area (Å²) in [6.45, 7) is 0. The number of halogens is 1. The Kier molecular flexibility index (Phi) is 3.23. The van der Waals surface area contributed by atoms with Crippen molar-refractivity contribution in [3.8, 4) is 22.6 Å². The number of hydrogen-bond donors (Lipinski definition) is 1. The molecule has 1 aromatic heterocycles. The number of aromatic nitrogens is 1. The van der Waals surface area contributed by atoms with Crippen LogP contribution < -0.4 is 0 Å². The third-order valence-electron chi connectivity index (χ3n) is 2.82. The van der Waals surface area contributed by atoms with Crippen molar-refractivity contribution in [1.29, 1.82) is 0 Å². The molecule has 0 aliphatic carbocycles. The normalized spacial score (nSPS) is 10.6. The van der Waals surface area contributed by atoms with Gasteiger partial charge in [0.15, 0.2) is 5.76 Å². The van der Waals surface area contributed by atoms with Gasteiger partial charge in [0.1, 0.15) is 0 Å². The Labute approximate surface area is 120 Å². The first kappa shape index (κ1) is 12.2. The molecule has 0 saturated heterocycles. The smallest absolute Gasteiger partial charge is 0.266 e. The van der Waals surface area contributed by atoms with E-state index in [0.717, 1.165) is 22.6 Å². The maximum atomic E-state index is 5.91. The van der Waals surface area contributed by atoms with E-state index >= 15 is 0 Å². The van der Waals surface area contributed by atoms with Crippen LogP contribution in [0.4, 0.5) is 0 Å². The Balaban J connectivity index is 2.17. The zero-order chi connectivity index (χ0) is 13.2. The summed E-state index contributed by atoms with van der Waals surface area (Å²) in [5.74, 6) is 0.743. The molecule has 0 amide bonds. The Morgan fingerprint density at radius 1 is 0.895 bits per heavy atom. The predicted octanol–water partition coefficient (Wildman–Crippen LogP) is 5.32. The summed E-state index contributed by atoms with van der Waals surface area (Å²) in [5, 5.41) is 0.701. The van der Waals surface area contributed by atoms with Crippen LogP contribution in [-0.2, 0) is 0 Å². The molecule has 0 unspecified atom stereocenters. The average molecular weight is 288 g/mol. The fourth-order valence-corrected chi connectivity index (χ4v) is 2.25. The van der Waals surface area contributed by atoms with Crippen LogP contribution in [0.25, 0.3) is 22.6 Å². The van der Waals surface area contributed by atoms with Gasteiger partial charge in [0.2, 0.25) is 0 Å². The van der Waals surface area contributed by atoms with Crippen molar-refractivity contribution in [2.75, 3.05) is 0 Å². The molecule has 0 radical (unpaired) electrons. The summed E-state index contributed by atoms with van der Waals surface area (Å²) in [5.41, 5.74) is 2.84. The van der Waals surface area contributed by atoms with Crippen LogP contribution in [0.1, 0.15) is 0 Å². The molecule has 2 nitrogen and oxygen atoms in total. The quantitative estimate of drug-likeness (QED) is 0.646. The van der Waals surface area contributed by atoms with Gasteiger partial charge in [-0.25, -0.2) is 0 Å². The van der Waals surface area contributed by atoms with Gasteiger partial charge in [0.05, 0.1) is 5.69 Å². The van der Waals surface area contributed by atoms with Crippen molar-refractivity contribution in [3.63, 3.8) is 0 Å². The highest BCUT2D eigenvalue weighted by atomic mass is 35.5. The van der Waals surface area contributed by atoms with E-state index in [2.05, 4.69) is 4.98 Å². The minimum absolute atomic E-state index is 0.365. The van der Waals surface area contributed by atoms with Gasteiger partial charge in [0.25, 0.3) is 4.84 Å². The molecule has 0 saturated carbocycles. The topological polar surface area (TPSA) is 28.9 Å². The van der Waals surface area contributed by atoms with E-state index in [1.807, 2.05) is 54.6 Å². The van der Waals surface area contributed by atoms with E-state index in [-0.39, 0.29) is 0 Å². The lowest BCUT2D eigenvalue weighted by Crippen LogP contribution is -1.82.